The van der Waals surface area contributed by atoms with E-state index in [1.165, 1.54) is 4.88 Å². The van der Waals surface area contributed by atoms with Crippen molar-refractivity contribution in [2.75, 3.05) is 26.7 Å². The number of aromatic nitrogens is 1. The van der Waals surface area contributed by atoms with Crippen LogP contribution < -0.4 is 0 Å². The number of piperidine rings is 1. The highest BCUT2D eigenvalue weighted by atomic mass is 32.1. The van der Waals surface area contributed by atoms with Gasteiger partial charge in [-0.1, -0.05) is 6.07 Å². The Morgan fingerprint density at radius 1 is 1.29 bits per heavy atom. The van der Waals surface area contributed by atoms with Crippen molar-refractivity contribution in [3.63, 3.8) is 0 Å². The zero-order valence-electron chi connectivity index (χ0n) is 14.4. The van der Waals surface area contributed by atoms with E-state index in [-0.39, 0.29) is 5.91 Å². The van der Waals surface area contributed by atoms with Crippen LogP contribution in [0.4, 0.5) is 0 Å². The van der Waals surface area contributed by atoms with E-state index in [2.05, 4.69) is 16.0 Å². The van der Waals surface area contributed by atoms with Crippen molar-refractivity contribution in [2.24, 2.45) is 0 Å². The van der Waals surface area contributed by atoms with Crippen molar-refractivity contribution in [3.8, 4) is 0 Å². The number of carbonyl (C=O) groups is 1. The van der Waals surface area contributed by atoms with Crippen molar-refractivity contribution in [1.29, 1.82) is 0 Å². The van der Waals surface area contributed by atoms with Gasteiger partial charge in [-0.3, -0.25) is 9.78 Å². The number of carbonyl (C=O) groups excluding carboxylic acids is 1. The Kier molecular flexibility index (Phi) is 5.63. The van der Waals surface area contributed by atoms with Gasteiger partial charge in [0.1, 0.15) is 0 Å². The summed E-state index contributed by atoms with van der Waals surface area (Å²) in [7, 11) is 1.95. The fraction of sp³-hybridized carbons (Fsp3) is 0.474. The predicted octanol–water partition coefficient (Wildman–Crippen LogP) is 3.23. The summed E-state index contributed by atoms with van der Waals surface area (Å²) in [6.45, 7) is 5.20. The van der Waals surface area contributed by atoms with Gasteiger partial charge in [-0.25, -0.2) is 0 Å². The lowest BCUT2D eigenvalue weighted by Gasteiger charge is -2.36. The summed E-state index contributed by atoms with van der Waals surface area (Å²) in [6, 6.07) is 10.4. The molecule has 24 heavy (non-hydrogen) atoms. The molecule has 3 heterocycles. The number of amides is 1. The Labute approximate surface area is 148 Å². The number of aryl methyl sites for hydroxylation is 1. The molecule has 1 fully saturated rings. The summed E-state index contributed by atoms with van der Waals surface area (Å²) in [5.74, 6) is 0.167. The van der Waals surface area contributed by atoms with Crippen molar-refractivity contribution >= 4 is 17.2 Å². The fourth-order valence-corrected chi connectivity index (χ4v) is 4.09. The SMILES string of the molecule is Cc1ccc(C(=O)N(C)C2CCN(CCc3ccccn3)CC2)s1. The molecule has 128 valence electrons. The Morgan fingerprint density at radius 3 is 2.71 bits per heavy atom. The molecule has 1 saturated heterocycles. The van der Waals surface area contributed by atoms with E-state index in [0.717, 1.165) is 49.5 Å². The minimum absolute atomic E-state index is 0.167. The zero-order chi connectivity index (χ0) is 16.9. The highest BCUT2D eigenvalue weighted by Gasteiger charge is 2.26. The maximum absolute atomic E-state index is 12.6. The van der Waals surface area contributed by atoms with Gasteiger partial charge >= 0.3 is 0 Å². The smallest absolute Gasteiger partial charge is 0.263 e. The molecule has 1 aliphatic heterocycles. The first-order valence-electron chi connectivity index (χ1n) is 8.59. The minimum atomic E-state index is 0.167. The molecule has 0 unspecified atom stereocenters. The van der Waals surface area contributed by atoms with Gasteiger partial charge in [0.05, 0.1) is 4.88 Å². The quantitative estimate of drug-likeness (QED) is 0.836. The van der Waals surface area contributed by atoms with Crippen LogP contribution in [0.1, 0.15) is 33.1 Å². The molecule has 0 bridgehead atoms. The van der Waals surface area contributed by atoms with Gasteiger partial charge in [-0.15, -0.1) is 11.3 Å². The van der Waals surface area contributed by atoms with Gasteiger partial charge in [0.15, 0.2) is 0 Å². The summed E-state index contributed by atoms with van der Waals surface area (Å²) >= 11 is 1.59. The molecule has 0 aromatic carbocycles. The van der Waals surface area contributed by atoms with Crippen LogP contribution in [0.3, 0.4) is 0 Å². The highest BCUT2D eigenvalue weighted by Crippen LogP contribution is 2.21. The van der Waals surface area contributed by atoms with E-state index in [9.17, 15) is 4.79 Å². The molecule has 0 atom stereocenters. The summed E-state index contributed by atoms with van der Waals surface area (Å²) in [5, 5.41) is 0. The zero-order valence-corrected chi connectivity index (χ0v) is 15.3. The number of likely N-dealkylation sites (tertiary alicyclic amines) is 1. The van der Waals surface area contributed by atoms with E-state index in [0.29, 0.717) is 6.04 Å². The summed E-state index contributed by atoms with van der Waals surface area (Å²) < 4.78 is 0. The van der Waals surface area contributed by atoms with Crippen LogP contribution >= 0.6 is 11.3 Å². The summed E-state index contributed by atoms with van der Waals surface area (Å²) in [5.41, 5.74) is 1.15. The van der Waals surface area contributed by atoms with Crippen LogP contribution in [0.15, 0.2) is 36.5 Å². The Morgan fingerprint density at radius 2 is 2.08 bits per heavy atom. The van der Waals surface area contributed by atoms with Gasteiger partial charge in [0.2, 0.25) is 0 Å². The molecule has 4 nitrogen and oxygen atoms in total. The highest BCUT2D eigenvalue weighted by molar-refractivity contribution is 7.13. The molecule has 1 amide bonds. The Balaban J connectivity index is 1.47. The average Bonchev–Trinajstić information content (AvgIpc) is 3.06. The third kappa shape index (κ3) is 4.22. The van der Waals surface area contributed by atoms with E-state index in [1.807, 2.05) is 49.3 Å². The first kappa shape index (κ1) is 17.1. The molecule has 0 N–H and O–H groups in total. The second-order valence-corrected chi connectivity index (χ2v) is 7.76. The van der Waals surface area contributed by atoms with Crippen LogP contribution in [-0.2, 0) is 6.42 Å². The normalized spacial score (nSPS) is 16.2. The molecule has 3 rings (SSSR count). The monoisotopic (exact) mass is 343 g/mol. The van der Waals surface area contributed by atoms with Crippen LogP contribution in [0.5, 0.6) is 0 Å². The molecule has 0 radical (unpaired) electrons. The number of hydrogen-bond donors (Lipinski definition) is 0. The number of thiophene rings is 1. The van der Waals surface area contributed by atoms with E-state index in [1.54, 1.807) is 11.3 Å². The molecule has 2 aromatic heterocycles. The predicted molar refractivity (Wildman–Crippen MR) is 98.6 cm³/mol. The van der Waals surface area contributed by atoms with Gasteiger partial charge < -0.3 is 9.80 Å². The third-order valence-corrected chi connectivity index (χ3v) is 5.78. The van der Waals surface area contributed by atoms with E-state index >= 15 is 0 Å². The van der Waals surface area contributed by atoms with Crippen molar-refractivity contribution in [2.45, 2.75) is 32.2 Å². The Bertz CT molecular complexity index is 662. The number of rotatable bonds is 5. The largest absolute Gasteiger partial charge is 0.338 e. The first-order chi connectivity index (χ1) is 11.6. The second kappa shape index (κ2) is 7.90. The van der Waals surface area contributed by atoms with E-state index < -0.39 is 0 Å². The maximum atomic E-state index is 12.6. The van der Waals surface area contributed by atoms with Crippen LogP contribution in [0, 0.1) is 6.92 Å². The average molecular weight is 343 g/mol. The van der Waals surface area contributed by atoms with Gasteiger partial charge in [-0.05, 0) is 44.0 Å². The lowest BCUT2D eigenvalue weighted by molar-refractivity contribution is 0.0648. The maximum Gasteiger partial charge on any atom is 0.263 e. The fourth-order valence-electron chi connectivity index (χ4n) is 3.24. The van der Waals surface area contributed by atoms with Crippen molar-refractivity contribution < 1.29 is 4.79 Å². The second-order valence-electron chi connectivity index (χ2n) is 6.47. The molecule has 0 aliphatic carbocycles. The van der Waals surface area contributed by atoms with Crippen molar-refractivity contribution in [1.82, 2.24) is 14.8 Å². The summed E-state index contributed by atoms with van der Waals surface area (Å²) in [6.07, 6.45) is 4.95. The van der Waals surface area contributed by atoms with Crippen LogP contribution in [-0.4, -0.2) is 53.4 Å². The summed E-state index contributed by atoms with van der Waals surface area (Å²) in [4.78, 5) is 23.4. The molecule has 2 aromatic rings. The van der Waals surface area contributed by atoms with Crippen molar-refractivity contribution in [3.05, 3.63) is 52.0 Å². The van der Waals surface area contributed by atoms with Gasteiger partial charge in [-0.2, -0.15) is 0 Å². The Hall–Kier alpha value is -1.72. The third-order valence-electron chi connectivity index (χ3n) is 4.79. The van der Waals surface area contributed by atoms with Gasteiger partial charge in [0.25, 0.3) is 5.91 Å². The number of pyridine rings is 1. The van der Waals surface area contributed by atoms with Crippen LogP contribution in [0.25, 0.3) is 0 Å². The molecular weight excluding hydrogens is 318 g/mol. The molecule has 5 heteroatoms. The number of hydrogen-bond acceptors (Lipinski definition) is 4. The topological polar surface area (TPSA) is 36.4 Å². The molecular formula is C19H25N3OS. The minimum Gasteiger partial charge on any atom is -0.338 e. The standard InChI is InChI=1S/C19H25N3OS/c1-15-6-7-18(24-15)19(23)21(2)17-9-13-22(14-10-17)12-8-16-5-3-4-11-20-16/h3-7,11,17H,8-10,12-14H2,1-2H3. The number of nitrogens with zero attached hydrogens (tertiary/aromatic N) is 3. The first-order valence-corrected chi connectivity index (χ1v) is 9.41. The lowest BCUT2D eigenvalue weighted by Crippen LogP contribution is -2.45. The molecule has 1 aliphatic rings. The van der Waals surface area contributed by atoms with Crippen LogP contribution in [0.2, 0.25) is 0 Å². The molecule has 0 saturated carbocycles. The lowest BCUT2D eigenvalue weighted by atomic mass is 10.0. The van der Waals surface area contributed by atoms with E-state index in [4.69, 9.17) is 0 Å². The van der Waals surface area contributed by atoms with Gasteiger partial charge in [0, 0.05) is 55.9 Å². The molecule has 0 spiro atoms.